The highest BCUT2D eigenvalue weighted by Crippen LogP contribution is 2.08. The lowest BCUT2D eigenvalue weighted by Gasteiger charge is -2.25. The van der Waals surface area contributed by atoms with Crippen LogP contribution in [-0.2, 0) is 20.1 Å². The first-order valence-electron chi connectivity index (χ1n) is 9.57. The predicted octanol–water partition coefficient (Wildman–Crippen LogP) is 2.74. The zero-order valence-electron chi connectivity index (χ0n) is 17.7. The summed E-state index contributed by atoms with van der Waals surface area (Å²) in [4.78, 5) is 13.6. The molecule has 0 radical (unpaired) electrons. The Morgan fingerprint density at radius 2 is 1.93 bits per heavy atom. The molecular weight excluding hydrogens is 465 g/mol. The highest BCUT2D eigenvalue weighted by atomic mass is 127. The van der Waals surface area contributed by atoms with Crippen molar-refractivity contribution in [3.63, 3.8) is 0 Å². The Bertz CT molecular complexity index is 702. The van der Waals surface area contributed by atoms with E-state index < -0.39 is 0 Å². The maximum Gasteiger partial charge on any atom is 0.194 e. The van der Waals surface area contributed by atoms with Crippen LogP contribution in [0.4, 0.5) is 0 Å². The molecule has 2 aromatic rings. The van der Waals surface area contributed by atoms with Crippen molar-refractivity contribution in [2.24, 2.45) is 12.0 Å². The molecule has 1 heterocycles. The van der Waals surface area contributed by atoms with Gasteiger partial charge in [0.15, 0.2) is 5.96 Å². The van der Waals surface area contributed by atoms with E-state index in [1.54, 1.807) is 11.0 Å². The minimum atomic E-state index is 0. The van der Waals surface area contributed by atoms with Gasteiger partial charge in [-0.1, -0.05) is 30.3 Å². The molecule has 0 saturated heterocycles. The average Bonchev–Trinajstić information content (AvgIpc) is 3.06. The second-order valence-corrected chi connectivity index (χ2v) is 6.93. The highest BCUT2D eigenvalue weighted by Gasteiger charge is 2.12. The first-order chi connectivity index (χ1) is 13.0. The van der Waals surface area contributed by atoms with Crippen LogP contribution in [0.3, 0.4) is 0 Å². The zero-order valence-corrected chi connectivity index (χ0v) is 20.0. The quantitative estimate of drug-likeness (QED) is 0.327. The van der Waals surface area contributed by atoms with Crippen molar-refractivity contribution < 1.29 is 0 Å². The fourth-order valence-electron chi connectivity index (χ4n) is 2.82. The van der Waals surface area contributed by atoms with Crippen LogP contribution in [0, 0.1) is 0 Å². The number of guanidine groups is 1. The Hall–Kier alpha value is -1.68. The number of aliphatic imine (C=N–C) groups is 1. The van der Waals surface area contributed by atoms with Gasteiger partial charge in [0.05, 0.1) is 6.54 Å². The molecular formula is C20H34IN7. The number of rotatable bonds is 9. The van der Waals surface area contributed by atoms with E-state index in [4.69, 9.17) is 4.99 Å². The highest BCUT2D eigenvalue weighted by molar-refractivity contribution is 14.0. The summed E-state index contributed by atoms with van der Waals surface area (Å²) in [5, 5.41) is 7.49. The van der Waals surface area contributed by atoms with E-state index in [0.29, 0.717) is 12.6 Å². The number of benzene rings is 1. The normalized spacial score (nSPS) is 12.6. The summed E-state index contributed by atoms with van der Waals surface area (Å²) in [5.74, 6) is 1.82. The lowest BCUT2D eigenvalue weighted by Crippen LogP contribution is -2.39. The molecule has 0 bridgehead atoms. The van der Waals surface area contributed by atoms with Crippen LogP contribution in [0.5, 0.6) is 0 Å². The van der Waals surface area contributed by atoms with Gasteiger partial charge in [0.25, 0.3) is 0 Å². The maximum absolute atomic E-state index is 4.80. The Morgan fingerprint density at radius 1 is 1.21 bits per heavy atom. The molecule has 28 heavy (non-hydrogen) atoms. The Labute approximate surface area is 186 Å². The first kappa shape index (κ1) is 24.4. The van der Waals surface area contributed by atoms with Crippen LogP contribution in [0.2, 0.25) is 0 Å². The Kier molecular flexibility index (Phi) is 11.1. The van der Waals surface area contributed by atoms with Gasteiger partial charge in [-0.3, -0.25) is 14.6 Å². The number of hydrogen-bond donors (Lipinski definition) is 1. The monoisotopic (exact) mass is 499 g/mol. The first-order valence-corrected chi connectivity index (χ1v) is 9.57. The van der Waals surface area contributed by atoms with Gasteiger partial charge in [-0.05, 0) is 32.9 Å². The minimum absolute atomic E-state index is 0. The van der Waals surface area contributed by atoms with Crippen molar-refractivity contribution in [1.82, 2.24) is 29.9 Å². The molecule has 0 saturated carbocycles. The summed E-state index contributed by atoms with van der Waals surface area (Å²) in [6.07, 6.45) is 2.59. The van der Waals surface area contributed by atoms with Crippen molar-refractivity contribution in [3.8, 4) is 0 Å². The Balaban J connectivity index is 0.00000392. The van der Waals surface area contributed by atoms with Crippen LogP contribution < -0.4 is 5.32 Å². The lowest BCUT2D eigenvalue weighted by molar-refractivity contribution is 0.240. The molecule has 8 heteroatoms. The van der Waals surface area contributed by atoms with Crippen LogP contribution in [0.25, 0.3) is 0 Å². The fraction of sp³-hybridized carbons (Fsp3) is 0.550. The Morgan fingerprint density at radius 3 is 2.54 bits per heavy atom. The third-order valence-electron chi connectivity index (χ3n) is 4.72. The molecule has 1 aromatic heterocycles. The molecule has 7 nitrogen and oxygen atoms in total. The van der Waals surface area contributed by atoms with E-state index in [2.05, 4.69) is 76.4 Å². The third-order valence-corrected chi connectivity index (χ3v) is 4.72. The minimum Gasteiger partial charge on any atom is -0.357 e. The maximum atomic E-state index is 4.80. The summed E-state index contributed by atoms with van der Waals surface area (Å²) in [6, 6.07) is 11.0. The van der Waals surface area contributed by atoms with Crippen molar-refractivity contribution in [2.75, 3.05) is 27.2 Å². The molecule has 0 spiro atoms. The van der Waals surface area contributed by atoms with E-state index in [1.807, 2.05) is 14.1 Å². The van der Waals surface area contributed by atoms with Gasteiger partial charge in [0.2, 0.25) is 0 Å². The van der Waals surface area contributed by atoms with E-state index >= 15 is 0 Å². The van der Waals surface area contributed by atoms with E-state index in [0.717, 1.165) is 37.8 Å². The number of nitrogens with one attached hydrogen (secondary N) is 1. The summed E-state index contributed by atoms with van der Waals surface area (Å²) < 4.78 is 1.79. The van der Waals surface area contributed by atoms with E-state index in [1.165, 1.54) is 5.56 Å². The molecule has 1 aromatic carbocycles. The third kappa shape index (κ3) is 7.75. The number of nitrogens with zero attached hydrogens (tertiary/aromatic N) is 6. The van der Waals surface area contributed by atoms with Gasteiger partial charge < -0.3 is 10.2 Å². The predicted molar refractivity (Wildman–Crippen MR) is 126 cm³/mol. The van der Waals surface area contributed by atoms with Crippen LogP contribution in [0.1, 0.15) is 31.7 Å². The van der Waals surface area contributed by atoms with Gasteiger partial charge in [-0.15, -0.1) is 24.0 Å². The van der Waals surface area contributed by atoms with E-state index in [-0.39, 0.29) is 24.0 Å². The largest absolute Gasteiger partial charge is 0.357 e. The zero-order chi connectivity index (χ0) is 19.6. The van der Waals surface area contributed by atoms with Crippen molar-refractivity contribution in [1.29, 1.82) is 0 Å². The summed E-state index contributed by atoms with van der Waals surface area (Å²) >= 11 is 0. The lowest BCUT2D eigenvalue weighted by atomic mass is 10.1. The number of aromatic nitrogens is 3. The van der Waals surface area contributed by atoms with Crippen LogP contribution in [-0.4, -0.2) is 63.8 Å². The molecule has 0 aliphatic carbocycles. The molecule has 2 rings (SSSR count). The number of halogens is 1. The number of aryl methyl sites for hydroxylation is 1. The summed E-state index contributed by atoms with van der Waals surface area (Å²) in [6.45, 7) is 7.59. The molecule has 0 fully saturated rings. The second-order valence-electron chi connectivity index (χ2n) is 6.93. The van der Waals surface area contributed by atoms with Crippen LogP contribution in [0.15, 0.2) is 41.7 Å². The smallest absolute Gasteiger partial charge is 0.194 e. The van der Waals surface area contributed by atoms with Gasteiger partial charge in [-0.25, -0.2) is 4.98 Å². The van der Waals surface area contributed by atoms with Crippen molar-refractivity contribution in [3.05, 3.63) is 48.0 Å². The molecule has 0 amide bonds. The van der Waals surface area contributed by atoms with Gasteiger partial charge in [0.1, 0.15) is 12.2 Å². The SMILES string of the molecule is CCNC(=NCCC(C)N(C)Cc1ccccc1)N(C)Cc1ncnn1C.I. The molecule has 0 aliphatic rings. The van der Waals surface area contributed by atoms with Gasteiger partial charge in [-0.2, -0.15) is 5.10 Å². The van der Waals surface area contributed by atoms with Gasteiger partial charge >= 0.3 is 0 Å². The average molecular weight is 499 g/mol. The van der Waals surface area contributed by atoms with Crippen molar-refractivity contribution in [2.45, 2.75) is 39.4 Å². The van der Waals surface area contributed by atoms with Gasteiger partial charge in [0, 0.05) is 39.8 Å². The summed E-state index contributed by atoms with van der Waals surface area (Å²) in [7, 11) is 6.11. The second kappa shape index (κ2) is 12.7. The summed E-state index contributed by atoms with van der Waals surface area (Å²) in [5.41, 5.74) is 1.34. The number of hydrogen-bond acceptors (Lipinski definition) is 4. The topological polar surface area (TPSA) is 61.6 Å². The molecule has 1 N–H and O–H groups in total. The molecule has 0 aliphatic heterocycles. The standard InChI is InChI=1S/C20H33N7.HI/c1-6-21-20(26(4)15-19-23-16-24-27(19)5)22-13-12-17(2)25(3)14-18-10-8-7-9-11-18;/h7-11,16-17H,6,12-15H2,1-5H3,(H,21,22);1H. The molecule has 1 atom stereocenters. The van der Waals surface area contributed by atoms with E-state index in [9.17, 15) is 0 Å². The van der Waals surface area contributed by atoms with Crippen molar-refractivity contribution >= 4 is 29.9 Å². The van der Waals surface area contributed by atoms with Crippen LogP contribution >= 0.6 is 24.0 Å². The fourth-order valence-corrected chi connectivity index (χ4v) is 2.82. The molecule has 1 unspecified atom stereocenters. The molecule has 156 valence electrons.